The summed E-state index contributed by atoms with van der Waals surface area (Å²) in [4.78, 5) is 23.7. The summed E-state index contributed by atoms with van der Waals surface area (Å²) in [6.45, 7) is 2.52. The lowest BCUT2D eigenvalue weighted by atomic mass is 10.1. The highest BCUT2D eigenvalue weighted by molar-refractivity contribution is 8.00. The van der Waals surface area contributed by atoms with Crippen molar-refractivity contribution < 1.29 is 9.59 Å². The maximum Gasteiger partial charge on any atom is 0.245 e. The van der Waals surface area contributed by atoms with Crippen LogP contribution in [0.15, 0.2) is 23.1 Å². The Hall–Kier alpha value is -1.53. The molecule has 2 rings (SSSR count). The highest BCUT2D eigenvalue weighted by Gasteiger charge is 2.26. The Bertz CT molecular complexity index is 490. The molecular formula is C12H15N3O2S. The first kappa shape index (κ1) is 12.9. The molecule has 2 amide bonds. The lowest BCUT2D eigenvalue weighted by Gasteiger charge is -2.05. The largest absolute Gasteiger partial charge is 0.356 e. The molecule has 5 nitrogen and oxygen atoms in total. The predicted octanol–water partition coefficient (Wildman–Crippen LogP) is 0.867. The number of hydrogen-bond donors (Lipinski definition) is 3. The van der Waals surface area contributed by atoms with E-state index in [1.165, 1.54) is 11.8 Å². The molecule has 0 spiro atoms. The number of hydrogen-bond acceptors (Lipinski definition) is 4. The van der Waals surface area contributed by atoms with Gasteiger partial charge in [0.1, 0.15) is 6.04 Å². The normalized spacial score (nSPS) is 17.2. The average molecular weight is 265 g/mol. The van der Waals surface area contributed by atoms with Gasteiger partial charge < -0.3 is 16.4 Å². The van der Waals surface area contributed by atoms with Crippen molar-refractivity contribution in [3.63, 3.8) is 0 Å². The van der Waals surface area contributed by atoms with Crippen LogP contribution >= 0.6 is 11.8 Å². The lowest BCUT2D eigenvalue weighted by Crippen LogP contribution is -2.24. The van der Waals surface area contributed by atoms with Gasteiger partial charge in [0.15, 0.2) is 0 Å². The first-order valence-corrected chi connectivity index (χ1v) is 6.70. The Morgan fingerprint density at radius 2 is 2.33 bits per heavy atom. The van der Waals surface area contributed by atoms with Crippen molar-refractivity contribution in [3.8, 4) is 0 Å². The second-order valence-electron chi connectivity index (χ2n) is 3.96. The fourth-order valence-corrected chi connectivity index (χ4v) is 2.52. The van der Waals surface area contributed by atoms with Crippen molar-refractivity contribution in [1.82, 2.24) is 5.32 Å². The lowest BCUT2D eigenvalue weighted by molar-refractivity contribution is -0.118. The third kappa shape index (κ3) is 2.65. The quantitative estimate of drug-likeness (QED) is 0.705. The molecule has 0 saturated carbocycles. The topological polar surface area (TPSA) is 84.2 Å². The number of nitrogens with one attached hydrogen (secondary N) is 2. The van der Waals surface area contributed by atoms with Gasteiger partial charge in [0, 0.05) is 22.7 Å². The van der Waals surface area contributed by atoms with Crippen LogP contribution in [0.4, 0.5) is 5.69 Å². The highest BCUT2D eigenvalue weighted by Crippen LogP contribution is 2.32. The second-order valence-corrected chi connectivity index (χ2v) is 5.01. The molecule has 0 saturated heterocycles. The van der Waals surface area contributed by atoms with Gasteiger partial charge in [0.05, 0.1) is 5.75 Å². The number of nitrogens with two attached hydrogens (primary N) is 1. The van der Waals surface area contributed by atoms with Crippen LogP contribution in [0.1, 0.15) is 18.5 Å². The van der Waals surface area contributed by atoms with Crippen molar-refractivity contribution in [2.75, 3.05) is 17.6 Å². The van der Waals surface area contributed by atoms with Gasteiger partial charge in [0.2, 0.25) is 11.8 Å². The van der Waals surface area contributed by atoms with Gasteiger partial charge in [-0.2, -0.15) is 0 Å². The van der Waals surface area contributed by atoms with Gasteiger partial charge >= 0.3 is 0 Å². The number of thioether (sulfide) groups is 1. The molecule has 1 atom stereocenters. The Labute approximate surface area is 110 Å². The fourth-order valence-electron chi connectivity index (χ4n) is 1.75. The number of amides is 2. The van der Waals surface area contributed by atoms with Gasteiger partial charge in [-0.3, -0.25) is 9.59 Å². The van der Waals surface area contributed by atoms with Crippen molar-refractivity contribution in [1.29, 1.82) is 0 Å². The van der Waals surface area contributed by atoms with Crippen LogP contribution in [0, 0.1) is 0 Å². The minimum absolute atomic E-state index is 0.00346. The van der Waals surface area contributed by atoms with Crippen LogP contribution < -0.4 is 16.4 Å². The molecule has 6 heteroatoms. The third-order valence-corrected chi connectivity index (χ3v) is 3.64. The van der Waals surface area contributed by atoms with Crippen LogP contribution in [0.2, 0.25) is 0 Å². The van der Waals surface area contributed by atoms with Crippen molar-refractivity contribution in [3.05, 3.63) is 23.8 Å². The number of carbonyl (C=O) groups excluding carboxylic acids is 2. The number of anilines is 1. The summed E-state index contributed by atoms with van der Waals surface area (Å²) < 4.78 is 0. The molecule has 4 N–H and O–H groups in total. The van der Waals surface area contributed by atoms with Crippen LogP contribution in [0.3, 0.4) is 0 Å². The summed E-state index contributed by atoms with van der Waals surface area (Å²) in [5.41, 5.74) is 7.27. The van der Waals surface area contributed by atoms with E-state index in [1.807, 2.05) is 25.1 Å². The van der Waals surface area contributed by atoms with Crippen molar-refractivity contribution in [2.45, 2.75) is 17.9 Å². The molecule has 1 aliphatic rings. The van der Waals surface area contributed by atoms with E-state index in [1.54, 1.807) is 0 Å². The zero-order chi connectivity index (χ0) is 13.1. The van der Waals surface area contributed by atoms with Crippen LogP contribution in [0.25, 0.3) is 0 Å². The Morgan fingerprint density at radius 1 is 1.56 bits per heavy atom. The minimum Gasteiger partial charge on any atom is -0.356 e. The minimum atomic E-state index is -0.581. The van der Waals surface area contributed by atoms with E-state index in [4.69, 9.17) is 5.73 Å². The van der Waals surface area contributed by atoms with Gasteiger partial charge in [-0.25, -0.2) is 0 Å². The number of carbonyl (C=O) groups is 2. The van der Waals surface area contributed by atoms with E-state index < -0.39 is 6.04 Å². The average Bonchev–Trinajstić information content (AvgIpc) is 2.63. The molecule has 1 unspecified atom stereocenters. The van der Waals surface area contributed by atoms with Gasteiger partial charge in [-0.1, -0.05) is 6.07 Å². The van der Waals surface area contributed by atoms with E-state index in [0.717, 1.165) is 16.1 Å². The first-order valence-electron chi connectivity index (χ1n) is 5.71. The molecule has 0 aromatic heterocycles. The van der Waals surface area contributed by atoms with Gasteiger partial charge in [0.25, 0.3) is 0 Å². The second kappa shape index (κ2) is 5.41. The summed E-state index contributed by atoms with van der Waals surface area (Å²) in [7, 11) is 0. The maximum absolute atomic E-state index is 11.4. The summed E-state index contributed by atoms with van der Waals surface area (Å²) in [6, 6.07) is 4.98. The van der Waals surface area contributed by atoms with E-state index in [9.17, 15) is 9.59 Å². The molecular weight excluding hydrogens is 250 g/mol. The molecule has 96 valence electrons. The standard InChI is InChI=1S/C12H15N3O2S/c1-2-14-10(16)6-18-7-3-4-8-9(5-7)15-12(17)11(8)13/h3-5,11H,2,6,13H2,1H3,(H,14,16)(H,15,17). The SMILES string of the molecule is CCNC(=O)CSc1ccc2c(c1)NC(=O)C2N. The highest BCUT2D eigenvalue weighted by atomic mass is 32.2. The van der Waals surface area contributed by atoms with E-state index in [0.29, 0.717) is 12.3 Å². The summed E-state index contributed by atoms with van der Waals surface area (Å²) in [5, 5.41) is 5.46. The molecule has 1 aromatic rings. The Kier molecular flexibility index (Phi) is 3.88. The fraction of sp³-hybridized carbons (Fsp3) is 0.333. The molecule has 0 aliphatic carbocycles. The smallest absolute Gasteiger partial charge is 0.245 e. The zero-order valence-corrected chi connectivity index (χ0v) is 10.8. The van der Waals surface area contributed by atoms with Crippen LogP contribution in [-0.4, -0.2) is 24.1 Å². The molecule has 0 radical (unpaired) electrons. The third-order valence-electron chi connectivity index (χ3n) is 2.64. The zero-order valence-electron chi connectivity index (χ0n) is 10.0. The first-order chi connectivity index (χ1) is 8.61. The summed E-state index contributed by atoms with van der Waals surface area (Å²) in [5.74, 6) is 0.187. The van der Waals surface area contributed by atoms with Crippen LogP contribution in [-0.2, 0) is 9.59 Å². The molecule has 1 heterocycles. The van der Waals surface area contributed by atoms with Gasteiger partial charge in [-0.05, 0) is 19.1 Å². The summed E-state index contributed by atoms with van der Waals surface area (Å²) >= 11 is 1.43. The monoisotopic (exact) mass is 265 g/mol. The number of fused-ring (bicyclic) bond motifs is 1. The molecule has 1 aromatic carbocycles. The maximum atomic E-state index is 11.4. The molecule has 0 fully saturated rings. The molecule has 18 heavy (non-hydrogen) atoms. The summed E-state index contributed by atoms with van der Waals surface area (Å²) in [6.07, 6.45) is 0. The van der Waals surface area contributed by atoms with Crippen LogP contribution in [0.5, 0.6) is 0 Å². The predicted molar refractivity (Wildman–Crippen MR) is 71.4 cm³/mol. The van der Waals surface area contributed by atoms with Crippen molar-refractivity contribution in [2.24, 2.45) is 5.73 Å². The molecule has 1 aliphatic heterocycles. The van der Waals surface area contributed by atoms with Gasteiger partial charge in [-0.15, -0.1) is 11.8 Å². The number of rotatable bonds is 4. The van der Waals surface area contributed by atoms with Crippen molar-refractivity contribution >= 4 is 29.3 Å². The Balaban J connectivity index is 2.03. The van der Waals surface area contributed by atoms with E-state index >= 15 is 0 Å². The Morgan fingerprint density at radius 3 is 3.06 bits per heavy atom. The van der Waals surface area contributed by atoms with E-state index in [2.05, 4.69) is 10.6 Å². The van der Waals surface area contributed by atoms with E-state index in [-0.39, 0.29) is 11.8 Å². The molecule has 0 bridgehead atoms. The number of benzene rings is 1.